The highest BCUT2D eigenvalue weighted by Crippen LogP contribution is 2.25. The molecule has 1 aliphatic rings. The van der Waals surface area contributed by atoms with Crippen molar-refractivity contribution in [3.8, 4) is 0 Å². The van der Waals surface area contributed by atoms with Gasteiger partial charge in [-0.2, -0.15) is 0 Å². The molecule has 0 aromatic heterocycles. The fourth-order valence-corrected chi connectivity index (χ4v) is 4.11. The van der Waals surface area contributed by atoms with Gasteiger partial charge < -0.3 is 5.73 Å². The quantitative estimate of drug-likeness (QED) is 0.887. The van der Waals surface area contributed by atoms with Crippen LogP contribution in [0.5, 0.6) is 0 Å². The van der Waals surface area contributed by atoms with Gasteiger partial charge in [-0.3, -0.25) is 0 Å². The number of aryl methyl sites for hydroxylation is 2. The monoisotopic (exact) mass is 267 g/mol. The molecule has 0 saturated carbocycles. The summed E-state index contributed by atoms with van der Waals surface area (Å²) < 4.78 is 23.5. The first-order chi connectivity index (χ1) is 8.52. The van der Waals surface area contributed by atoms with Crippen LogP contribution in [0.15, 0.2) is 18.2 Å². The average Bonchev–Trinajstić information content (AvgIpc) is 2.74. The van der Waals surface area contributed by atoms with E-state index in [9.17, 15) is 8.42 Å². The minimum atomic E-state index is -3.02. The SMILES string of the molecule is CCCS(=O)(=O)CC(N)c1ccc2c(c1)CCC2. The standard InChI is InChI=1S/C14H21NO2S/c1-2-8-18(16,17)10-14(15)13-7-6-11-4-3-5-12(11)9-13/h6-7,9,14H,2-5,8,10,15H2,1H3. The van der Waals surface area contributed by atoms with Crippen molar-refractivity contribution in [3.63, 3.8) is 0 Å². The lowest BCUT2D eigenvalue weighted by atomic mass is 10.0. The Bertz CT molecular complexity index is 523. The van der Waals surface area contributed by atoms with Gasteiger partial charge in [0, 0.05) is 11.8 Å². The molecule has 1 atom stereocenters. The van der Waals surface area contributed by atoms with Gasteiger partial charge in [-0.25, -0.2) is 8.42 Å². The Morgan fingerprint density at radius 3 is 2.72 bits per heavy atom. The van der Waals surface area contributed by atoms with Crippen molar-refractivity contribution < 1.29 is 8.42 Å². The van der Waals surface area contributed by atoms with E-state index in [1.54, 1.807) is 0 Å². The van der Waals surface area contributed by atoms with Gasteiger partial charge in [-0.15, -0.1) is 0 Å². The smallest absolute Gasteiger partial charge is 0.152 e. The molecule has 100 valence electrons. The number of fused-ring (bicyclic) bond motifs is 1. The molecule has 1 aromatic carbocycles. The zero-order valence-electron chi connectivity index (χ0n) is 10.9. The Balaban J connectivity index is 2.12. The summed E-state index contributed by atoms with van der Waals surface area (Å²) in [5.74, 6) is 0.283. The molecule has 4 heteroatoms. The van der Waals surface area contributed by atoms with Crippen LogP contribution >= 0.6 is 0 Å². The summed E-state index contributed by atoms with van der Waals surface area (Å²) in [5.41, 5.74) is 9.71. The fourth-order valence-electron chi connectivity index (χ4n) is 2.59. The first-order valence-corrected chi connectivity index (χ1v) is 8.41. The zero-order chi connectivity index (χ0) is 13.2. The van der Waals surface area contributed by atoms with Gasteiger partial charge in [0.05, 0.1) is 5.75 Å². The molecule has 0 saturated heterocycles. The summed E-state index contributed by atoms with van der Waals surface area (Å²) in [7, 11) is -3.02. The number of rotatable bonds is 5. The lowest BCUT2D eigenvalue weighted by Crippen LogP contribution is -2.23. The summed E-state index contributed by atoms with van der Waals surface area (Å²) in [4.78, 5) is 0. The molecule has 2 rings (SSSR count). The second-order valence-corrected chi connectivity index (χ2v) is 7.33. The highest BCUT2D eigenvalue weighted by molar-refractivity contribution is 7.91. The van der Waals surface area contributed by atoms with E-state index in [2.05, 4.69) is 12.1 Å². The molecule has 18 heavy (non-hydrogen) atoms. The van der Waals surface area contributed by atoms with Crippen LogP contribution in [0.25, 0.3) is 0 Å². The van der Waals surface area contributed by atoms with Crippen LogP contribution in [-0.2, 0) is 22.7 Å². The molecule has 3 nitrogen and oxygen atoms in total. The highest BCUT2D eigenvalue weighted by atomic mass is 32.2. The van der Waals surface area contributed by atoms with Gasteiger partial charge in [-0.05, 0) is 42.4 Å². The summed E-state index contributed by atoms with van der Waals surface area (Å²) in [5, 5.41) is 0. The van der Waals surface area contributed by atoms with Crippen molar-refractivity contribution in [1.82, 2.24) is 0 Å². The number of hydrogen-bond donors (Lipinski definition) is 1. The van der Waals surface area contributed by atoms with Crippen LogP contribution in [0.1, 0.15) is 42.5 Å². The summed E-state index contributed by atoms with van der Waals surface area (Å²) in [6, 6.07) is 5.78. The number of nitrogens with two attached hydrogens (primary N) is 1. The molecule has 1 unspecified atom stereocenters. The Morgan fingerprint density at radius 1 is 1.28 bits per heavy atom. The topological polar surface area (TPSA) is 60.2 Å². The van der Waals surface area contributed by atoms with Crippen molar-refractivity contribution in [2.24, 2.45) is 5.73 Å². The van der Waals surface area contributed by atoms with Crippen LogP contribution < -0.4 is 5.73 Å². The van der Waals surface area contributed by atoms with E-state index in [0.29, 0.717) is 6.42 Å². The third-order valence-corrected chi connectivity index (χ3v) is 5.40. The maximum Gasteiger partial charge on any atom is 0.152 e. The van der Waals surface area contributed by atoms with E-state index in [-0.39, 0.29) is 11.5 Å². The molecule has 0 amide bonds. The van der Waals surface area contributed by atoms with E-state index >= 15 is 0 Å². The van der Waals surface area contributed by atoms with Gasteiger partial charge in [0.2, 0.25) is 0 Å². The average molecular weight is 267 g/mol. The first kappa shape index (κ1) is 13.6. The fraction of sp³-hybridized carbons (Fsp3) is 0.571. The predicted molar refractivity (Wildman–Crippen MR) is 74.3 cm³/mol. The van der Waals surface area contributed by atoms with E-state index in [1.165, 1.54) is 17.5 Å². The Morgan fingerprint density at radius 2 is 2.00 bits per heavy atom. The molecule has 0 aliphatic heterocycles. The third kappa shape index (κ3) is 3.12. The van der Waals surface area contributed by atoms with E-state index in [1.807, 2.05) is 13.0 Å². The summed E-state index contributed by atoms with van der Waals surface area (Å²) in [6.45, 7) is 1.87. The summed E-state index contributed by atoms with van der Waals surface area (Å²) in [6.07, 6.45) is 4.08. The highest BCUT2D eigenvalue weighted by Gasteiger charge is 2.19. The van der Waals surface area contributed by atoms with Crippen molar-refractivity contribution in [3.05, 3.63) is 34.9 Å². The Kier molecular flexibility index (Phi) is 4.07. The molecule has 0 bridgehead atoms. The largest absolute Gasteiger partial charge is 0.323 e. The van der Waals surface area contributed by atoms with E-state index < -0.39 is 15.9 Å². The van der Waals surface area contributed by atoms with Crippen LogP contribution in [0.3, 0.4) is 0 Å². The molecular formula is C14H21NO2S. The van der Waals surface area contributed by atoms with Crippen molar-refractivity contribution in [2.45, 2.75) is 38.6 Å². The zero-order valence-corrected chi connectivity index (χ0v) is 11.7. The molecule has 1 aliphatic carbocycles. The normalized spacial score (nSPS) is 16.6. The Hall–Kier alpha value is -0.870. The molecular weight excluding hydrogens is 246 g/mol. The van der Waals surface area contributed by atoms with E-state index in [0.717, 1.165) is 18.4 Å². The van der Waals surface area contributed by atoms with Crippen LogP contribution in [0, 0.1) is 0 Å². The first-order valence-electron chi connectivity index (χ1n) is 6.59. The van der Waals surface area contributed by atoms with Crippen LogP contribution in [-0.4, -0.2) is 19.9 Å². The second kappa shape index (κ2) is 5.41. The molecule has 0 heterocycles. The summed E-state index contributed by atoms with van der Waals surface area (Å²) >= 11 is 0. The van der Waals surface area contributed by atoms with E-state index in [4.69, 9.17) is 5.73 Å². The third-order valence-electron chi connectivity index (χ3n) is 3.50. The van der Waals surface area contributed by atoms with Gasteiger partial charge in [0.15, 0.2) is 9.84 Å². The maximum atomic E-state index is 11.8. The Labute approximate surface area is 109 Å². The lowest BCUT2D eigenvalue weighted by molar-refractivity contribution is 0.587. The van der Waals surface area contributed by atoms with Gasteiger partial charge in [-0.1, -0.05) is 25.1 Å². The van der Waals surface area contributed by atoms with Gasteiger partial charge in [0.1, 0.15) is 0 Å². The van der Waals surface area contributed by atoms with Crippen molar-refractivity contribution in [1.29, 1.82) is 0 Å². The van der Waals surface area contributed by atoms with Crippen LogP contribution in [0.2, 0.25) is 0 Å². The number of hydrogen-bond acceptors (Lipinski definition) is 3. The maximum absolute atomic E-state index is 11.8. The second-order valence-electron chi connectivity index (χ2n) is 5.10. The van der Waals surface area contributed by atoms with Crippen LogP contribution in [0.4, 0.5) is 0 Å². The minimum absolute atomic E-state index is 0.0552. The molecule has 2 N–H and O–H groups in total. The minimum Gasteiger partial charge on any atom is -0.323 e. The van der Waals surface area contributed by atoms with Crippen molar-refractivity contribution >= 4 is 9.84 Å². The van der Waals surface area contributed by atoms with Crippen molar-refractivity contribution in [2.75, 3.05) is 11.5 Å². The number of benzene rings is 1. The molecule has 0 radical (unpaired) electrons. The lowest BCUT2D eigenvalue weighted by Gasteiger charge is -2.13. The number of sulfone groups is 1. The molecule has 1 aromatic rings. The molecule has 0 fully saturated rings. The van der Waals surface area contributed by atoms with Gasteiger partial charge in [0.25, 0.3) is 0 Å². The predicted octanol–water partition coefficient (Wildman–Crippen LogP) is 2.00. The molecule has 0 spiro atoms. The van der Waals surface area contributed by atoms with Gasteiger partial charge >= 0.3 is 0 Å².